The van der Waals surface area contributed by atoms with E-state index in [0.29, 0.717) is 4.43 Å². The zero-order valence-corrected chi connectivity index (χ0v) is 9.04. The van der Waals surface area contributed by atoms with Gasteiger partial charge >= 0.3 is 0 Å². The summed E-state index contributed by atoms with van der Waals surface area (Å²) < 4.78 is 0.527. The van der Waals surface area contributed by atoms with Crippen molar-refractivity contribution >= 4 is 39.3 Å². The summed E-state index contributed by atoms with van der Waals surface area (Å²) in [6.07, 6.45) is 1.78. The molecule has 0 aliphatic heterocycles. The molecule has 13 heavy (non-hydrogen) atoms. The van der Waals surface area contributed by atoms with Crippen LogP contribution in [0, 0.1) is 0 Å². The van der Waals surface area contributed by atoms with E-state index < -0.39 is 0 Å². The highest BCUT2D eigenvalue weighted by Crippen LogP contribution is 2.18. The van der Waals surface area contributed by atoms with Gasteiger partial charge in [-0.1, -0.05) is 40.8 Å². The van der Waals surface area contributed by atoms with Crippen molar-refractivity contribution in [1.82, 2.24) is 4.98 Å². The minimum Gasteiger partial charge on any atom is -0.360 e. The number of carbonyl (C=O) groups excluding carboxylic acids is 1. The molecule has 0 unspecified atom stereocenters. The second-order valence-electron chi connectivity index (χ2n) is 2.80. The molecule has 1 heterocycles. The van der Waals surface area contributed by atoms with E-state index in [-0.39, 0.29) is 5.78 Å². The number of halogens is 1. The number of benzene rings is 1. The maximum absolute atomic E-state index is 11.5. The minimum absolute atomic E-state index is 0.179. The van der Waals surface area contributed by atoms with Crippen LogP contribution in [0.5, 0.6) is 0 Å². The quantitative estimate of drug-likeness (QED) is 0.513. The molecule has 0 spiro atoms. The highest BCUT2D eigenvalue weighted by atomic mass is 127. The van der Waals surface area contributed by atoms with Gasteiger partial charge in [0.2, 0.25) is 0 Å². The molecule has 0 radical (unpaired) electrons. The number of Topliss-reactive ketones (excluding diaryl/α,β-unsaturated/α-hetero) is 1. The van der Waals surface area contributed by atoms with Gasteiger partial charge in [0.1, 0.15) is 0 Å². The molecule has 1 aromatic carbocycles. The molecule has 0 aliphatic carbocycles. The number of hydrogen-bond donors (Lipinski definition) is 1. The third-order valence-electron chi connectivity index (χ3n) is 2.01. The second-order valence-corrected chi connectivity index (χ2v) is 3.57. The topological polar surface area (TPSA) is 32.9 Å². The lowest BCUT2D eigenvalue weighted by molar-refractivity contribution is 0.102. The van der Waals surface area contributed by atoms with Crippen LogP contribution in [-0.2, 0) is 0 Å². The van der Waals surface area contributed by atoms with Crippen LogP contribution in [0.25, 0.3) is 10.9 Å². The van der Waals surface area contributed by atoms with Gasteiger partial charge < -0.3 is 4.98 Å². The fourth-order valence-electron chi connectivity index (χ4n) is 1.37. The maximum Gasteiger partial charge on any atom is 0.174 e. The Morgan fingerprint density at radius 1 is 1.38 bits per heavy atom. The predicted octanol–water partition coefficient (Wildman–Crippen LogP) is 2.79. The molecular weight excluding hydrogens is 277 g/mol. The number of nitrogens with one attached hydrogen (secondary N) is 1. The number of ketones is 1. The van der Waals surface area contributed by atoms with Crippen LogP contribution in [0.15, 0.2) is 30.5 Å². The van der Waals surface area contributed by atoms with Crippen molar-refractivity contribution in [3.63, 3.8) is 0 Å². The first-order valence-corrected chi connectivity index (χ1v) is 5.51. The minimum atomic E-state index is 0.179. The average Bonchev–Trinajstić information content (AvgIpc) is 2.60. The first-order valence-electron chi connectivity index (χ1n) is 3.98. The molecule has 2 nitrogen and oxygen atoms in total. The molecular formula is C10H8INO. The van der Waals surface area contributed by atoms with Crippen molar-refractivity contribution in [3.8, 4) is 0 Å². The number of carbonyl (C=O) groups is 1. The molecule has 2 aromatic rings. The second kappa shape index (κ2) is 3.49. The lowest BCUT2D eigenvalue weighted by atomic mass is 10.1. The van der Waals surface area contributed by atoms with Gasteiger partial charge in [-0.2, -0.15) is 0 Å². The summed E-state index contributed by atoms with van der Waals surface area (Å²) in [5.74, 6) is 0.179. The van der Waals surface area contributed by atoms with Gasteiger partial charge in [-0.3, -0.25) is 4.79 Å². The van der Waals surface area contributed by atoms with Crippen LogP contribution in [0.3, 0.4) is 0 Å². The Morgan fingerprint density at radius 2 is 2.15 bits per heavy atom. The standard InChI is InChI=1S/C10H8INO/c11-5-10(13)8-6-12-9-4-2-1-3-7(8)9/h1-4,6,12H,5H2. The van der Waals surface area contributed by atoms with Crippen LogP contribution in [-0.4, -0.2) is 15.2 Å². The summed E-state index contributed by atoms with van der Waals surface area (Å²) in [4.78, 5) is 14.5. The zero-order chi connectivity index (χ0) is 9.26. The fraction of sp³-hybridized carbons (Fsp3) is 0.100. The summed E-state index contributed by atoms with van der Waals surface area (Å²) in [6, 6.07) is 7.84. The summed E-state index contributed by atoms with van der Waals surface area (Å²) in [6.45, 7) is 0. The third-order valence-corrected chi connectivity index (χ3v) is 2.70. The maximum atomic E-state index is 11.5. The highest BCUT2D eigenvalue weighted by Gasteiger charge is 2.09. The van der Waals surface area contributed by atoms with Gasteiger partial charge in [0.05, 0.1) is 4.43 Å². The Kier molecular flexibility index (Phi) is 2.35. The van der Waals surface area contributed by atoms with Crippen molar-refractivity contribution in [1.29, 1.82) is 0 Å². The molecule has 0 bridgehead atoms. The van der Waals surface area contributed by atoms with E-state index in [9.17, 15) is 4.79 Å². The number of fused-ring (bicyclic) bond motifs is 1. The summed E-state index contributed by atoms with van der Waals surface area (Å²) >= 11 is 2.08. The molecule has 0 saturated carbocycles. The predicted molar refractivity (Wildman–Crippen MR) is 61.5 cm³/mol. The van der Waals surface area contributed by atoms with E-state index in [1.165, 1.54) is 0 Å². The fourth-order valence-corrected chi connectivity index (χ4v) is 1.79. The van der Waals surface area contributed by atoms with Gasteiger partial charge in [0, 0.05) is 22.7 Å². The van der Waals surface area contributed by atoms with Crippen molar-refractivity contribution in [2.75, 3.05) is 4.43 Å². The lowest BCUT2D eigenvalue weighted by Gasteiger charge is -1.92. The number of rotatable bonds is 2. The number of hydrogen-bond acceptors (Lipinski definition) is 1. The molecule has 2 rings (SSSR count). The summed E-state index contributed by atoms with van der Waals surface area (Å²) in [7, 11) is 0. The average molecular weight is 285 g/mol. The van der Waals surface area contributed by atoms with Gasteiger partial charge in [0.25, 0.3) is 0 Å². The van der Waals surface area contributed by atoms with E-state index in [0.717, 1.165) is 16.5 Å². The van der Waals surface area contributed by atoms with Crippen molar-refractivity contribution in [2.45, 2.75) is 0 Å². The van der Waals surface area contributed by atoms with E-state index in [4.69, 9.17) is 0 Å². The summed E-state index contributed by atoms with van der Waals surface area (Å²) in [5, 5.41) is 1.02. The van der Waals surface area contributed by atoms with Gasteiger partial charge in [-0.15, -0.1) is 0 Å². The van der Waals surface area contributed by atoms with Gasteiger partial charge in [-0.25, -0.2) is 0 Å². The zero-order valence-electron chi connectivity index (χ0n) is 6.88. The number of para-hydroxylation sites is 1. The summed E-state index contributed by atoms with van der Waals surface area (Å²) in [5.41, 5.74) is 1.82. The van der Waals surface area contributed by atoms with Crippen molar-refractivity contribution in [2.24, 2.45) is 0 Å². The first kappa shape index (κ1) is 8.74. The SMILES string of the molecule is O=C(CI)c1c[nH]c2ccccc12. The van der Waals surface area contributed by atoms with Gasteiger partial charge in [0.15, 0.2) is 5.78 Å². The van der Waals surface area contributed by atoms with Crippen LogP contribution in [0.4, 0.5) is 0 Å². The van der Waals surface area contributed by atoms with E-state index in [1.54, 1.807) is 6.20 Å². The third kappa shape index (κ3) is 1.48. The highest BCUT2D eigenvalue weighted by molar-refractivity contribution is 14.1. The van der Waals surface area contributed by atoms with Crippen molar-refractivity contribution < 1.29 is 4.79 Å². The number of aromatic amines is 1. The largest absolute Gasteiger partial charge is 0.360 e. The van der Waals surface area contributed by atoms with Gasteiger partial charge in [-0.05, 0) is 6.07 Å². The number of alkyl halides is 1. The molecule has 3 heteroatoms. The van der Waals surface area contributed by atoms with E-state index in [1.807, 2.05) is 24.3 Å². The van der Waals surface area contributed by atoms with Crippen LogP contribution < -0.4 is 0 Å². The van der Waals surface area contributed by atoms with E-state index in [2.05, 4.69) is 27.6 Å². The molecule has 0 fully saturated rings. The molecule has 0 amide bonds. The molecule has 0 saturated heterocycles. The molecule has 0 aliphatic rings. The Bertz CT molecular complexity index is 447. The van der Waals surface area contributed by atoms with Crippen LogP contribution in [0.1, 0.15) is 10.4 Å². The molecule has 66 valence electrons. The normalized spacial score (nSPS) is 10.5. The Labute approximate surface area is 89.5 Å². The Hall–Kier alpha value is -0.840. The monoisotopic (exact) mass is 285 g/mol. The molecule has 1 N–H and O–H groups in total. The Morgan fingerprint density at radius 3 is 2.92 bits per heavy atom. The lowest BCUT2D eigenvalue weighted by Crippen LogP contribution is -1.97. The van der Waals surface area contributed by atoms with Crippen molar-refractivity contribution in [3.05, 3.63) is 36.0 Å². The van der Waals surface area contributed by atoms with Crippen LogP contribution >= 0.6 is 22.6 Å². The molecule has 0 atom stereocenters. The number of H-pyrrole nitrogens is 1. The van der Waals surface area contributed by atoms with Crippen LogP contribution in [0.2, 0.25) is 0 Å². The van der Waals surface area contributed by atoms with E-state index >= 15 is 0 Å². The smallest absolute Gasteiger partial charge is 0.174 e. The first-order chi connectivity index (χ1) is 6.33. The number of aromatic nitrogens is 1. The molecule has 1 aromatic heterocycles. The Balaban J connectivity index is 2.64.